The Hall–Kier alpha value is -4.30. The topological polar surface area (TPSA) is 84.9 Å². The fraction of sp³-hybridized carbons (Fsp3) is 0.167. The molecule has 1 amide bonds. The van der Waals surface area contributed by atoms with Gasteiger partial charge >= 0.3 is 0 Å². The summed E-state index contributed by atoms with van der Waals surface area (Å²) in [6.07, 6.45) is 0. The molecule has 4 aromatic carbocycles. The molecule has 1 heterocycles. The number of hydrogen-bond acceptors (Lipinski definition) is 5. The molecule has 7 nitrogen and oxygen atoms in total. The molecule has 38 heavy (non-hydrogen) atoms. The number of rotatable bonds is 7. The van der Waals surface area contributed by atoms with Crippen molar-refractivity contribution < 1.29 is 22.7 Å². The molecular weight excluding hydrogens is 500 g/mol. The molecule has 1 aliphatic heterocycles. The molecule has 8 heteroatoms. The molecule has 4 aromatic rings. The van der Waals surface area contributed by atoms with Crippen LogP contribution in [0, 0.1) is 0 Å². The summed E-state index contributed by atoms with van der Waals surface area (Å²) in [5.74, 6) is 0.538. The summed E-state index contributed by atoms with van der Waals surface area (Å²) in [4.78, 5) is 13.1. The lowest BCUT2D eigenvalue weighted by Gasteiger charge is -2.29. The third-order valence-corrected chi connectivity index (χ3v) is 8.65. The summed E-state index contributed by atoms with van der Waals surface area (Å²) in [7, 11) is -0.857. The van der Waals surface area contributed by atoms with Crippen LogP contribution >= 0.6 is 0 Å². The van der Waals surface area contributed by atoms with Crippen LogP contribution in [-0.4, -0.2) is 28.5 Å². The van der Waals surface area contributed by atoms with E-state index in [9.17, 15) is 13.2 Å². The second kappa shape index (κ2) is 10.2. The maximum absolute atomic E-state index is 14.1. The van der Waals surface area contributed by atoms with Crippen LogP contribution in [0.3, 0.4) is 0 Å². The Bertz CT molecular complexity index is 1560. The van der Waals surface area contributed by atoms with E-state index >= 15 is 0 Å². The van der Waals surface area contributed by atoms with Crippen molar-refractivity contribution in [3.8, 4) is 11.5 Å². The Balaban J connectivity index is 1.65. The lowest BCUT2D eigenvalue weighted by atomic mass is 9.92. The molecule has 0 saturated heterocycles. The summed E-state index contributed by atoms with van der Waals surface area (Å²) < 4.78 is 40.6. The summed E-state index contributed by atoms with van der Waals surface area (Å²) in [5, 5.41) is 2.93. The molecule has 0 radical (unpaired) electrons. The van der Waals surface area contributed by atoms with Crippen molar-refractivity contribution in [2.24, 2.45) is 0 Å². The first-order valence-electron chi connectivity index (χ1n) is 12.2. The average Bonchev–Trinajstić information content (AvgIpc) is 3.25. The highest BCUT2D eigenvalue weighted by molar-refractivity contribution is 7.92. The van der Waals surface area contributed by atoms with Crippen LogP contribution in [0.5, 0.6) is 11.5 Å². The number of methoxy groups -OCH3 is 2. The maximum Gasteiger partial charge on any atom is 0.264 e. The highest BCUT2D eigenvalue weighted by atomic mass is 32.2. The van der Waals surface area contributed by atoms with E-state index in [0.29, 0.717) is 28.4 Å². The minimum Gasteiger partial charge on any atom is -0.497 e. The normalized spacial score (nSPS) is 16.6. The first-order valence-corrected chi connectivity index (χ1v) is 13.6. The van der Waals surface area contributed by atoms with Crippen LogP contribution in [0.25, 0.3) is 0 Å². The van der Waals surface area contributed by atoms with Gasteiger partial charge in [-0.05, 0) is 53.6 Å². The van der Waals surface area contributed by atoms with Gasteiger partial charge in [-0.25, -0.2) is 8.42 Å². The van der Waals surface area contributed by atoms with Crippen LogP contribution in [0.15, 0.2) is 102 Å². The highest BCUT2D eigenvalue weighted by Crippen LogP contribution is 2.53. The minimum atomic E-state index is -3.94. The zero-order valence-corrected chi connectivity index (χ0v) is 22.1. The molecule has 2 atom stereocenters. The van der Waals surface area contributed by atoms with E-state index in [1.54, 1.807) is 67.8 Å². The van der Waals surface area contributed by atoms with Crippen LogP contribution < -0.4 is 19.1 Å². The molecule has 194 valence electrons. The van der Waals surface area contributed by atoms with Gasteiger partial charge in [0.1, 0.15) is 11.5 Å². The monoisotopic (exact) mass is 528 g/mol. The third kappa shape index (κ3) is 4.48. The van der Waals surface area contributed by atoms with Gasteiger partial charge in [0.05, 0.1) is 36.5 Å². The molecule has 0 saturated carbocycles. The predicted molar refractivity (Wildman–Crippen MR) is 148 cm³/mol. The van der Waals surface area contributed by atoms with E-state index in [0.717, 1.165) is 11.1 Å². The van der Waals surface area contributed by atoms with Gasteiger partial charge in [-0.3, -0.25) is 9.10 Å². The number of nitrogens with zero attached hydrogens (tertiary/aromatic N) is 1. The van der Waals surface area contributed by atoms with Crippen molar-refractivity contribution >= 4 is 27.3 Å². The number of anilines is 2. The molecule has 1 aliphatic rings. The van der Waals surface area contributed by atoms with Gasteiger partial charge in [-0.15, -0.1) is 0 Å². The van der Waals surface area contributed by atoms with Gasteiger partial charge in [0.15, 0.2) is 0 Å². The van der Waals surface area contributed by atoms with Crippen molar-refractivity contribution in [1.82, 2.24) is 0 Å². The molecule has 5 rings (SSSR count). The summed E-state index contributed by atoms with van der Waals surface area (Å²) >= 11 is 0. The maximum atomic E-state index is 14.1. The van der Waals surface area contributed by atoms with Crippen molar-refractivity contribution in [2.45, 2.75) is 23.8 Å². The third-order valence-electron chi connectivity index (χ3n) is 6.84. The molecule has 1 N–H and O–H groups in total. The quantitative estimate of drug-likeness (QED) is 0.318. The second-order valence-electron chi connectivity index (χ2n) is 9.05. The number of hydrogen-bond donors (Lipinski definition) is 1. The van der Waals surface area contributed by atoms with Gasteiger partial charge < -0.3 is 14.8 Å². The lowest BCUT2D eigenvalue weighted by molar-refractivity contribution is 0.102. The molecule has 0 bridgehead atoms. The minimum absolute atomic E-state index is 0.194. The lowest BCUT2D eigenvalue weighted by Crippen LogP contribution is -2.33. The Morgan fingerprint density at radius 2 is 1.47 bits per heavy atom. The summed E-state index contributed by atoms with van der Waals surface area (Å²) in [6.45, 7) is 1.99. The number of fused-ring (bicyclic) bond motifs is 1. The van der Waals surface area contributed by atoms with E-state index < -0.39 is 16.1 Å². The zero-order chi connectivity index (χ0) is 26.9. The molecule has 0 spiro atoms. The van der Waals surface area contributed by atoms with Gasteiger partial charge in [-0.1, -0.05) is 55.5 Å². The molecule has 0 aromatic heterocycles. The SMILES string of the molecule is COc1ccc([C@@H]2C(C)c3cc(NC(=O)c4ccccc4)c(OC)cc3N2S(=O)(=O)c2ccccc2)cc1. The summed E-state index contributed by atoms with van der Waals surface area (Å²) in [6, 6.07) is 27.7. The number of benzene rings is 4. The number of carbonyl (C=O) groups is 1. The summed E-state index contributed by atoms with van der Waals surface area (Å²) in [5.41, 5.74) is 3.10. The van der Waals surface area contributed by atoms with E-state index in [2.05, 4.69) is 5.32 Å². The number of amides is 1. The number of sulfonamides is 1. The van der Waals surface area contributed by atoms with Crippen molar-refractivity contribution in [3.05, 3.63) is 114 Å². The Kier molecular flexibility index (Phi) is 6.82. The Labute approximate surface area is 222 Å². The van der Waals surface area contributed by atoms with Crippen LogP contribution in [0.1, 0.15) is 40.4 Å². The van der Waals surface area contributed by atoms with Gasteiger partial charge in [-0.2, -0.15) is 0 Å². The zero-order valence-electron chi connectivity index (χ0n) is 21.3. The van der Waals surface area contributed by atoms with Crippen LogP contribution in [-0.2, 0) is 10.0 Å². The highest BCUT2D eigenvalue weighted by Gasteiger charge is 2.44. The fourth-order valence-corrected chi connectivity index (χ4v) is 6.67. The number of nitrogens with one attached hydrogen (secondary N) is 1. The number of carbonyl (C=O) groups excluding carboxylic acids is 1. The standard InChI is InChI=1S/C30H28N2O5S/c1-20-25-18-26(31-30(33)22-10-6-4-7-11-22)28(37-3)19-27(25)32(38(34,35)24-12-8-5-9-13-24)29(20)21-14-16-23(36-2)17-15-21/h4-20,29H,1-3H3,(H,31,33)/t20?,29-/m0/s1. The average molecular weight is 529 g/mol. The Morgan fingerprint density at radius 3 is 2.08 bits per heavy atom. The van der Waals surface area contributed by atoms with E-state index in [1.807, 2.05) is 43.3 Å². The van der Waals surface area contributed by atoms with Crippen molar-refractivity contribution in [1.29, 1.82) is 0 Å². The smallest absolute Gasteiger partial charge is 0.264 e. The van der Waals surface area contributed by atoms with Crippen molar-refractivity contribution in [2.75, 3.05) is 23.8 Å². The molecule has 1 unspecified atom stereocenters. The first kappa shape index (κ1) is 25.4. The van der Waals surface area contributed by atoms with E-state index in [1.165, 1.54) is 11.4 Å². The second-order valence-corrected chi connectivity index (χ2v) is 10.9. The number of ether oxygens (including phenoxy) is 2. The van der Waals surface area contributed by atoms with Gasteiger partial charge in [0.2, 0.25) is 0 Å². The van der Waals surface area contributed by atoms with Gasteiger partial charge in [0, 0.05) is 17.5 Å². The van der Waals surface area contributed by atoms with E-state index in [4.69, 9.17) is 9.47 Å². The molecule has 0 aliphatic carbocycles. The predicted octanol–water partition coefficient (Wildman–Crippen LogP) is 6.01. The van der Waals surface area contributed by atoms with Gasteiger partial charge in [0.25, 0.3) is 15.9 Å². The fourth-order valence-electron chi connectivity index (χ4n) is 4.93. The first-order chi connectivity index (χ1) is 18.3. The van der Waals surface area contributed by atoms with E-state index in [-0.39, 0.29) is 16.7 Å². The van der Waals surface area contributed by atoms with Crippen molar-refractivity contribution in [3.63, 3.8) is 0 Å². The van der Waals surface area contributed by atoms with Crippen LogP contribution in [0.4, 0.5) is 11.4 Å². The Morgan fingerprint density at radius 1 is 0.842 bits per heavy atom. The molecule has 0 fully saturated rings. The van der Waals surface area contributed by atoms with Crippen LogP contribution in [0.2, 0.25) is 0 Å². The largest absolute Gasteiger partial charge is 0.497 e. The molecular formula is C30H28N2O5S.